The van der Waals surface area contributed by atoms with Crippen molar-refractivity contribution in [1.29, 1.82) is 0 Å². The van der Waals surface area contributed by atoms with Gasteiger partial charge in [-0.2, -0.15) is 0 Å². The van der Waals surface area contributed by atoms with Crippen LogP contribution in [0.5, 0.6) is 0 Å². The SMILES string of the molecule is CCCCCC(CC)O[C@@H]1NC(=O)[C@H](Cc2ccccc2)NC1=O. The van der Waals surface area contributed by atoms with Gasteiger partial charge in [0.05, 0.1) is 6.10 Å². The number of carbonyl (C=O) groups is 2. The van der Waals surface area contributed by atoms with Gasteiger partial charge in [-0.25, -0.2) is 0 Å². The summed E-state index contributed by atoms with van der Waals surface area (Å²) in [6, 6.07) is 9.12. The Bertz CT molecular complexity index is 533. The van der Waals surface area contributed by atoms with Gasteiger partial charge in [0.1, 0.15) is 6.04 Å². The number of ether oxygens (including phenoxy) is 1. The molecule has 1 aromatic carbocycles. The molecule has 3 atom stereocenters. The Morgan fingerprint density at radius 3 is 2.46 bits per heavy atom. The van der Waals surface area contributed by atoms with Gasteiger partial charge in [-0.05, 0) is 18.4 Å². The maximum absolute atomic E-state index is 12.3. The van der Waals surface area contributed by atoms with Crippen molar-refractivity contribution < 1.29 is 14.3 Å². The summed E-state index contributed by atoms with van der Waals surface area (Å²) in [6.45, 7) is 4.20. The maximum atomic E-state index is 12.3. The monoisotopic (exact) mass is 332 g/mol. The summed E-state index contributed by atoms with van der Waals surface area (Å²) in [4.78, 5) is 24.5. The first-order valence-electron chi connectivity index (χ1n) is 8.94. The lowest BCUT2D eigenvalue weighted by Gasteiger charge is -2.31. The Morgan fingerprint density at radius 1 is 1.04 bits per heavy atom. The Morgan fingerprint density at radius 2 is 1.79 bits per heavy atom. The smallest absolute Gasteiger partial charge is 0.270 e. The largest absolute Gasteiger partial charge is 0.346 e. The molecule has 0 aromatic heterocycles. The molecule has 2 amide bonds. The fourth-order valence-electron chi connectivity index (χ4n) is 2.88. The second-order valence-corrected chi connectivity index (χ2v) is 6.30. The van der Waals surface area contributed by atoms with E-state index in [4.69, 9.17) is 4.74 Å². The summed E-state index contributed by atoms with van der Waals surface area (Å²) in [7, 11) is 0. The molecule has 2 rings (SSSR count). The number of rotatable bonds is 9. The molecule has 0 bridgehead atoms. The molecule has 0 spiro atoms. The molecular weight excluding hydrogens is 304 g/mol. The van der Waals surface area contributed by atoms with Crippen LogP contribution in [0.2, 0.25) is 0 Å². The number of benzene rings is 1. The molecule has 132 valence electrons. The number of carbonyl (C=O) groups excluding carboxylic acids is 2. The molecule has 0 radical (unpaired) electrons. The molecule has 1 fully saturated rings. The lowest BCUT2D eigenvalue weighted by Crippen LogP contribution is -2.63. The first-order valence-corrected chi connectivity index (χ1v) is 8.94. The Labute approximate surface area is 144 Å². The molecular formula is C19H28N2O3. The van der Waals surface area contributed by atoms with E-state index in [1.54, 1.807) is 0 Å². The number of hydrogen-bond donors (Lipinski definition) is 2. The van der Waals surface area contributed by atoms with E-state index in [9.17, 15) is 9.59 Å². The second-order valence-electron chi connectivity index (χ2n) is 6.30. The Balaban J connectivity index is 1.87. The summed E-state index contributed by atoms with van der Waals surface area (Å²) in [5.74, 6) is -0.448. The van der Waals surface area contributed by atoms with Gasteiger partial charge in [-0.1, -0.05) is 63.4 Å². The predicted molar refractivity (Wildman–Crippen MR) is 93.3 cm³/mol. The first kappa shape index (κ1) is 18.5. The van der Waals surface area contributed by atoms with Gasteiger partial charge in [0.2, 0.25) is 12.1 Å². The molecule has 1 unspecified atom stereocenters. The Hall–Kier alpha value is -1.88. The molecule has 1 aromatic rings. The quantitative estimate of drug-likeness (QED) is 0.683. The van der Waals surface area contributed by atoms with E-state index in [1.165, 1.54) is 0 Å². The average molecular weight is 332 g/mol. The van der Waals surface area contributed by atoms with E-state index < -0.39 is 12.3 Å². The molecule has 1 heterocycles. The average Bonchev–Trinajstić information content (AvgIpc) is 2.59. The molecule has 1 aliphatic rings. The van der Waals surface area contributed by atoms with Crippen LogP contribution in [0, 0.1) is 0 Å². The summed E-state index contributed by atoms with van der Waals surface area (Å²) in [5.41, 5.74) is 1.02. The van der Waals surface area contributed by atoms with Gasteiger partial charge in [0.15, 0.2) is 0 Å². The van der Waals surface area contributed by atoms with Crippen LogP contribution < -0.4 is 10.6 Å². The van der Waals surface area contributed by atoms with Crippen LogP contribution in [0.15, 0.2) is 30.3 Å². The van der Waals surface area contributed by atoms with Gasteiger partial charge in [0.25, 0.3) is 5.91 Å². The zero-order chi connectivity index (χ0) is 17.4. The van der Waals surface area contributed by atoms with Crippen molar-refractivity contribution in [2.45, 2.75) is 70.7 Å². The minimum Gasteiger partial charge on any atom is -0.346 e. The number of piperazine rings is 1. The van der Waals surface area contributed by atoms with Crippen molar-refractivity contribution in [2.75, 3.05) is 0 Å². The molecule has 0 saturated carbocycles. The zero-order valence-corrected chi connectivity index (χ0v) is 14.6. The van der Waals surface area contributed by atoms with E-state index in [1.807, 2.05) is 37.3 Å². The number of amides is 2. The van der Waals surface area contributed by atoms with Crippen LogP contribution in [0.25, 0.3) is 0 Å². The van der Waals surface area contributed by atoms with Gasteiger partial charge in [0, 0.05) is 6.42 Å². The van der Waals surface area contributed by atoms with Crippen molar-refractivity contribution in [3.63, 3.8) is 0 Å². The third kappa shape index (κ3) is 5.34. The van der Waals surface area contributed by atoms with Crippen molar-refractivity contribution in [3.05, 3.63) is 35.9 Å². The van der Waals surface area contributed by atoms with Crippen LogP contribution >= 0.6 is 0 Å². The highest BCUT2D eigenvalue weighted by molar-refractivity contribution is 5.96. The normalized spacial score (nSPS) is 21.9. The highest BCUT2D eigenvalue weighted by Gasteiger charge is 2.35. The molecule has 24 heavy (non-hydrogen) atoms. The van der Waals surface area contributed by atoms with Crippen LogP contribution in [0.4, 0.5) is 0 Å². The third-order valence-corrected chi connectivity index (χ3v) is 4.34. The van der Waals surface area contributed by atoms with Gasteiger partial charge in [-0.15, -0.1) is 0 Å². The van der Waals surface area contributed by atoms with E-state index >= 15 is 0 Å². The first-order chi connectivity index (χ1) is 11.6. The predicted octanol–water partition coefficient (Wildman–Crippen LogP) is 2.55. The highest BCUT2D eigenvalue weighted by Crippen LogP contribution is 2.14. The standard InChI is InChI=1S/C19H28N2O3/c1-3-5-7-12-15(4-2)24-19-18(23)20-16(17(22)21-19)13-14-10-8-6-9-11-14/h6,8-11,15-16,19H,3-5,7,12-13H2,1-2H3,(H,20,23)(H,21,22)/t15?,16-,19-/m0/s1. The summed E-state index contributed by atoms with van der Waals surface area (Å²) in [5, 5.41) is 5.50. The number of unbranched alkanes of at least 4 members (excludes halogenated alkanes) is 2. The van der Waals surface area contributed by atoms with Gasteiger partial charge < -0.3 is 15.4 Å². The van der Waals surface area contributed by atoms with Crippen LogP contribution in [0.1, 0.15) is 51.5 Å². The number of nitrogens with one attached hydrogen (secondary N) is 2. The van der Waals surface area contributed by atoms with E-state index in [0.717, 1.165) is 37.7 Å². The van der Waals surface area contributed by atoms with Gasteiger partial charge in [-0.3, -0.25) is 9.59 Å². The van der Waals surface area contributed by atoms with Crippen LogP contribution in [-0.2, 0) is 20.7 Å². The summed E-state index contributed by atoms with van der Waals surface area (Å²) in [6.07, 6.45) is 4.73. The van der Waals surface area contributed by atoms with Crippen LogP contribution in [-0.4, -0.2) is 30.2 Å². The van der Waals surface area contributed by atoms with Crippen molar-refractivity contribution >= 4 is 11.8 Å². The number of hydrogen-bond acceptors (Lipinski definition) is 3. The lowest BCUT2D eigenvalue weighted by atomic mass is 10.0. The van der Waals surface area contributed by atoms with E-state index in [-0.39, 0.29) is 17.9 Å². The van der Waals surface area contributed by atoms with Crippen molar-refractivity contribution in [3.8, 4) is 0 Å². The molecule has 1 saturated heterocycles. The molecule has 5 heteroatoms. The molecule has 2 N–H and O–H groups in total. The van der Waals surface area contributed by atoms with Crippen molar-refractivity contribution in [1.82, 2.24) is 10.6 Å². The van der Waals surface area contributed by atoms with Gasteiger partial charge >= 0.3 is 0 Å². The molecule has 0 aliphatic carbocycles. The fraction of sp³-hybridized carbons (Fsp3) is 0.579. The summed E-state index contributed by atoms with van der Waals surface area (Å²) >= 11 is 0. The third-order valence-electron chi connectivity index (χ3n) is 4.34. The fourth-order valence-corrected chi connectivity index (χ4v) is 2.88. The molecule has 1 aliphatic heterocycles. The second kappa shape index (κ2) is 9.42. The maximum Gasteiger partial charge on any atom is 0.270 e. The minimum atomic E-state index is -0.879. The topological polar surface area (TPSA) is 67.4 Å². The molecule has 5 nitrogen and oxygen atoms in total. The minimum absolute atomic E-state index is 0.00160. The lowest BCUT2D eigenvalue weighted by molar-refractivity contribution is -0.153. The van der Waals surface area contributed by atoms with E-state index in [2.05, 4.69) is 17.6 Å². The summed E-state index contributed by atoms with van der Waals surface area (Å²) < 4.78 is 5.82. The Kier molecular flexibility index (Phi) is 7.25. The highest BCUT2D eigenvalue weighted by atomic mass is 16.5. The van der Waals surface area contributed by atoms with Crippen LogP contribution in [0.3, 0.4) is 0 Å². The zero-order valence-electron chi connectivity index (χ0n) is 14.6. The van der Waals surface area contributed by atoms with Crippen molar-refractivity contribution in [2.24, 2.45) is 0 Å². The van der Waals surface area contributed by atoms with E-state index in [0.29, 0.717) is 6.42 Å².